The lowest BCUT2D eigenvalue weighted by Gasteiger charge is -2.21. The Hall–Kier alpha value is -2.42. The van der Waals surface area contributed by atoms with Gasteiger partial charge in [-0.15, -0.1) is 0 Å². The van der Waals surface area contributed by atoms with Gasteiger partial charge in [0.05, 0.1) is 12.8 Å². The number of thioether (sulfide) groups is 1. The monoisotopic (exact) mass is 425 g/mol. The summed E-state index contributed by atoms with van der Waals surface area (Å²) in [5.41, 5.74) is 1.61. The Morgan fingerprint density at radius 2 is 2.03 bits per heavy atom. The van der Waals surface area contributed by atoms with E-state index < -0.39 is 11.3 Å². The Morgan fingerprint density at radius 3 is 2.59 bits per heavy atom. The van der Waals surface area contributed by atoms with E-state index in [1.165, 1.54) is 7.11 Å². The lowest BCUT2D eigenvalue weighted by atomic mass is 9.87. The maximum Gasteiger partial charge on any atom is 0.291 e. The molecule has 2 rings (SSSR count). The Bertz CT molecular complexity index is 940. The average molecular weight is 426 g/mol. The summed E-state index contributed by atoms with van der Waals surface area (Å²) < 4.78 is 30.2. The summed E-state index contributed by atoms with van der Waals surface area (Å²) in [6.07, 6.45) is 0.177. The number of alkyl halides is 2. The minimum atomic E-state index is -2.67. The SMILES string of the molecule is COc1ccc(C(C)(C)C)cc1NC(=O)CCc1c(C)nc(SC(F)F)[nH]c1=O. The van der Waals surface area contributed by atoms with Gasteiger partial charge < -0.3 is 15.0 Å². The number of H-pyrrole nitrogens is 1. The van der Waals surface area contributed by atoms with Gasteiger partial charge in [0, 0.05) is 17.7 Å². The first kappa shape index (κ1) is 22.9. The molecule has 1 heterocycles. The van der Waals surface area contributed by atoms with E-state index in [1.54, 1.807) is 13.0 Å². The zero-order valence-electron chi connectivity index (χ0n) is 17.1. The summed E-state index contributed by atoms with van der Waals surface area (Å²) >= 11 is 0.176. The van der Waals surface area contributed by atoms with Gasteiger partial charge in [-0.2, -0.15) is 8.78 Å². The second-order valence-corrected chi connectivity index (χ2v) is 8.51. The maximum absolute atomic E-state index is 12.4. The number of ether oxygens (including phenoxy) is 1. The number of amides is 1. The topological polar surface area (TPSA) is 84.1 Å². The Kier molecular flexibility index (Phi) is 7.40. The van der Waals surface area contributed by atoms with Crippen molar-refractivity contribution in [1.82, 2.24) is 9.97 Å². The van der Waals surface area contributed by atoms with E-state index in [2.05, 4.69) is 36.1 Å². The third-order valence-corrected chi connectivity index (χ3v) is 4.94. The number of rotatable bonds is 7. The number of benzene rings is 1. The van der Waals surface area contributed by atoms with Crippen molar-refractivity contribution < 1.29 is 18.3 Å². The highest BCUT2D eigenvalue weighted by Gasteiger charge is 2.18. The molecular formula is C20H25F2N3O3S. The molecule has 1 amide bonds. The first-order chi connectivity index (χ1) is 13.5. The second kappa shape index (κ2) is 9.39. The summed E-state index contributed by atoms with van der Waals surface area (Å²) in [5.74, 6) is -2.43. The molecule has 2 aromatic rings. The van der Waals surface area contributed by atoms with Crippen molar-refractivity contribution in [2.75, 3.05) is 12.4 Å². The Morgan fingerprint density at radius 1 is 1.34 bits per heavy atom. The predicted molar refractivity (Wildman–Crippen MR) is 110 cm³/mol. The minimum absolute atomic E-state index is 0.0375. The number of hydrogen-bond donors (Lipinski definition) is 2. The van der Waals surface area contributed by atoms with Crippen LogP contribution >= 0.6 is 11.8 Å². The first-order valence-electron chi connectivity index (χ1n) is 9.04. The summed E-state index contributed by atoms with van der Waals surface area (Å²) in [7, 11) is 1.52. The molecule has 158 valence electrons. The standard InChI is InChI=1S/C20H25F2N3O3S/c1-11-13(17(27)25-19(23-11)29-18(21)22)7-9-16(26)24-14-10-12(20(2,3)4)6-8-15(14)28-5/h6,8,10,18H,7,9H2,1-5H3,(H,24,26)(H,23,25,27). The summed E-state index contributed by atoms with van der Waals surface area (Å²) in [6.45, 7) is 7.77. The van der Waals surface area contributed by atoms with Gasteiger partial charge in [-0.1, -0.05) is 26.8 Å². The number of aryl methyl sites for hydroxylation is 1. The molecule has 0 aliphatic rings. The van der Waals surface area contributed by atoms with E-state index in [4.69, 9.17) is 4.74 Å². The molecule has 0 aliphatic carbocycles. The van der Waals surface area contributed by atoms with Crippen molar-refractivity contribution in [3.05, 3.63) is 45.4 Å². The first-order valence-corrected chi connectivity index (χ1v) is 9.92. The van der Waals surface area contributed by atoms with E-state index >= 15 is 0 Å². The molecular weight excluding hydrogens is 400 g/mol. The number of anilines is 1. The van der Waals surface area contributed by atoms with Crippen LogP contribution in [0, 0.1) is 6.92 Å². The average Bonchev–Trinajstić information content (AvgIpc) is 2.59. The van der Waals surface area contributed by atoms with Crippen LogP contribution in [0.5, 0.6) is 5.75 Å². The zero-order chi connectivity index (χ0) is 21.8. The largest absolute Gasteiger partial charge is 0.495 e. The van der Waals surface area contributed by atoms with Crippen LogP contribution in [0.2, 0.25) is 0 Å². The third-order valence-electron chi connectivity index (χ3n) is 4.34. The van der Waals surface area contributed by atoms with Crippen molar-refractivity contribution in [2.45, 2.75) is 56.9 Å². The number of carbonyl (C=O) groups is 1. The van der Waals surface area contributed by atoms with Gasteiger partial charge in [0.1, 0.15) is 5.75 Å². The van der Waals surface area contributed by atoms with Gasteiger partial charge in [0.25, 0.3) is 11.3 Å². The van der Waals surface area contributed by atoms with E-state index in [9.17, 15) is 18.4 Å². The van der Waals surface area contributed by atoms with Crippen molar-refractivity contribution >= 4 is 23.4 Å². The number of carbonyl (C=O) groups excluding carboxylic acids is 1. The molecule has 29 heavy (non-hydrogen) atoms. The van der Waals surface area contributed by atoms with Crippen LogP contribution in [0.3, 0.4) is 0 Å². The molecule has 0 bridgehead atoms. The molecule has 0 atom stereocenters. The highest BCUT2D eigenvalue weighted by molar-refractivity contribution is 7.99. The smallest absolute Gasteiger partial charge is 0.291 e. The van der Waals surface area contributed by atoms with Crippen LogP contribution in [0.1, 0.15) is 44.0 Å². The molecule has 1 aromatic carbocycles. The third kappa shape index (κ3) is 6.28. The highest BCUT2D eigenvalue weighted by atomic mass is 32.2. The number of methoxy groups -OCH3 is 1. The molecule has 2 N–H and O–H groups in total. The van der Waals surface area contributed by atoms with Crippen LogP contribution in [0.25, 0.3) is 0 Å². The molecule has 9 heteroatoms. The fourth-order valence-electron chi connectivity index (χ4n) is 2.74. The van der Waals surface area contributed by atoms with E-state index in [0.29, 0.717) is 22.7 Å². The molecule has 1 aromatic heterocycles. The van der Waals surface area contributed by atoms with Crippen molar-refractivity contribution in [2.24, 2.45) is 0 Å². The molecule has 0 radical (unpaired) electrons. The molecule has 0 aliphatic heterocycles. The molecule has 0 fully saturated rings. The number of nitrogens with one attached hydrogen (secondary N) is 2. The predicted octanol–water partition coefficient (Wildman–Crippen LogP) is 4.27. The number of nitrogens with zero attached hydrogens (tertiary/aromatic N) is 1. The van der Waals surface area contributed by atoms with Crippen molar-refractivity contribution in [3.8, 4) is 5.75 Å². The number of aromatic nitrogens is 2. The van der Waals surface area contributed by atoms with Gasteiger partial charge in [-0.05, 0) is 48.2 Å². The fraction of sp³-hybridized carbons (Fsp3) is 0.450. The van der Waals surface area contributed by atoms with Gasteiger partial charge in [0.2, 0.25) is 5.91 Å². The minimum Gasteiger partial charge on any atom is -0.495 e. The quantitative estimate of drug-likeness (QED) is 0.511. The Balaban J connectivity index is 2.12. The highest BCUT2D eigenvalue weighted by Crippen LogP contribution is 2.31. The molecule has 6 nitrogen and oxygen atoms in total. The number of halogens is 2. The van der Waals surface area contributed by atoms with Crippen molar-refractivity contribution in [1.29, 1.82) is 0 Å². The lowest BCUT2D eigenvalue weighted by Crippen LogP contribution is -2.21. The number of aromatic amines is 1. The fourth-order valence-corrected chi connectivity index (χ4v) is 3.25. The van der Waals surface area contributed by atoms with Crippen LogP contribution in [0.15, 0.2) is 28.2 Å². The molecule has 0 unspecified atom stereocenters. The lowest BCUT2D eigenvalue weighted by molar-refractivity contribution is -0.116. The summed E-state index contributed by atoms with van der Waals surface area (Å²) in [6, 6.07) is 5.61. The van der Waals surface area contributed by atoms with Gasteiger partial charge >= 0.3 is 0 Å². The van der Waals surface area contributed by atoms with Crippen LogP contribution in [-0.2, 0) is 16.6 Å². The number of hydrogen-bond acceptors (Lipinski definition) is 5. The summed E-state index contributed by atoms with van der Waals surface area (Å²) in [5, 5.41) is 2.68. The normalized spacial score (nSPS) is 11.6. The van der Waals surface area contributed by atoms with Gasteiger partial charge in [0.15, 0.2) is 5.16 Å². The zero-order valence-corrected chi connectivity index (χ0v) is 17.9. The Labute approximate surface area is 172 Å². The maximum atomic E-state index is 12.4. The van der Waals surface area contributed by atoms with E-state index in [-0.39, 0.29) is 41.1 Å². The van der Waals surface area contributed by atoms with Crippen molar-refractivity contribution in [3.63, 3.8) is 0 Å². The van der Waals surface area contributed by atoms with Gasteiger partial charge in [-0.3, -0.25) is 9.59 Å². The molecule has 0 saturated carbocycles. The van der Waals surface area contributed by atoms with E-state index in [1.807, 2.05) is 12.1 Å². The molecule has 0 spiro atoms. The van der Waals surface area contributed by atoms with Gasteiger partial charge in [-0.25, -0.2) is 4.98 Å². The van der Waals surface area contributed by atoms with Crippen LogP contribution in [0.4, 0.5) is 14.5 Å². The van der Waals surface area contributed by atoms with Crippen LogP contribution in [-0.4, -0.2) is 28.7 Å². The second-order valence-electron chi connectivity index (χ2n) is 7.53. The molecule has 0 saturated heterocycles. The van der Waals surface area contributed by atoms with E-state index in [0.717, 1.165) is 5.56 Å². The van der Waals surface area contributed by atoms with Crippen LogP contribution < -0.4 is 15.6 Å². The summed E-state index contributed by atoms with van der Waals surface area (Å²) in [4.78, 5) is 30.9.